The molecule has 4 aromatic carbocycles. The Hall–Kier alpha value is -5.42. The predicted octanol–water partition coefficient (Wildman–Crippen LogP) is 9.87. The average Bonchev–Trinajstić information content (AvgIpc) is 3.36. The van der Waals surface area contributed by atoms with E-state index >= 15 is 0 Å². The summed E-state index contributed by atoms with van der Waals surface area (Å²) >= 11 is 0. The molecule has 7 rings (SSSR count). The fourth-order valence-corrected chi connectivity index (χ4v) is 6.27. The highest BCUT2D eigenvalue weighted by molar-refractivity contribution is 6.09. The molecule has 0 bridgehead atoms. The third-order valence-corrected chi connectivity index (χ3v) is 8.29. The summed E-state index contributed by atoms with van der Waals surface area (Å²) < 4.78 is 8.79. The molecule has 1 aliphatic heterocycles. The van der Waals surface area contributed by atoms with Crippen LogP contribution in [0.5, 0.6) is 11.5 Å². The summed E-state index contributed by atoms with van der Waals surface area (Å²) in [4.78, 5) is 11.3. The van der Waals surface area contributed by atoms with E-state index in [9.17, 15) is 0 Å². The minimum Gasteiger partial charge on any atom is -0.457 e. The molecule has 0 atom stereocenters. The van der Waals surface area contributed by atoms with Gasteiger partial charge in [0.05, 0.1) is 22.4 Å². The molecule has 1 aliphatic rings. The van der Waals surface area contributed by atoms with Crippen molar-refractivity contribution in [1.29, 1.82) is 0 Å². The van der Waals surface area contributed by atoms with Gasteiger partial charge in [-0.2, -0.15) is 0 Å². The summed E-state index contributed by atoms with van der Waals surface area (Å²) in [6.45, 7) is 10.4. The van der Waals surface area contributed by atoms with Crippen LogP contribution in [0.4, 0.5) is 11.4 Å². The fourth-order valence-electron chi connectivity index (χ4n) is 6.27. The molecular formula is C38H32N4O. The van der Waals surface area contributed by atoms with Crippen LogP contribution < -0.4 is 9.64 Å². The number of benzene rings is 4. The molecule has 0 N–H and O–H groups in total. The number of fused-ring (bicyclic) bond motifs is 5. The predicted molar refractivity (Wildman–Crippen MR) is 178 cm³/mol. The maximum absolute atomic E-state index is 6.60. The highest BCUT2D eigenvalue weighted by atomic mass is 16.5. The van der Waals surface area contributed by atoms with Gasteiger partial charge < -0.3 is 4.74 Å². The number of hydrogen-bond acceptors (Lipinski definition) is 4. The molecule has 3 heterocycles. The van der Waals surface area contributed by atoms with Gasteiger partial charge in [-0.3, -0.25) is 9.47 Å². The molecule has 210 valence electrons. The monoisotopic (exact) mass is 560 g/mol. The van der Waals surface area contributed by atoms with Gasteiger partial charge in [-0.05, 0) is 73.3 Å². The van der Waals surface area contributed by atoms with E-state index in [0.717, 1.165) is 50.9 Å². The third-order valence-electron chi connectivity index (χ3n) is 8.29. The van der Waals surface area contributed by atoms with Crippen LogP contribution in [0.3, 0.4) is 0 Å². The molecule has 5 heteroatoms. The Morgan fingerprint density at radius 2 is 1.51 bits per heavy atom. The van der Waals surface area contributed by atoms with Crippen molar-refractivity contribution in [1.82, 2.24) is 9.55 Å². The lowest BCUT2D eigenvalue weighted by Crippen LogP contribution is -2.32. The van der Waals surface area contributed by atoms with Crippen molar-refractivity contribution in [3.05, 3.63) is 145 Å². The van der Waals surface area contributed by atoms with Crippen LogP contribution >= 0.6 is 0 Å². The highest BCUT2D eigenvalue weighted by Gasteiger charge is 2.37. The number of rotatable bonds is 6. The standard InChI is InChI=1S/C38H32N4O/c1-5-6-17-36(39-4)42-33-16-10-8-14-30(33)38(2,3)31-22-20-27(25-35(31)42)43-26-19-21-29-28-13-7-9-15-32(28)41(34(29)24-26)37-18-11-12-23-40-37/h5-25H,4H2,1-3H3/b6-5-,36-17+. The van der Waals surface area contributed by atoms with Crippen LogP contribution in [0.2, 0.25) is 0 Å². The van der Waals surface area contributed by atoms with Crippen molar-refractivity contribution in [3.63, 3.8) is 0 Å². The zero-order valence-corrected chi connectivity index (χ0v) is 24.5. The van der Waals surface area contributed by atoms with Gasteiger partial charge in [0.25, 0.3) is 0 Å². The number of nitrogens with zero attached hydrogens (tertiary/aromatic N) is 4. The second-order valence-electron chi connectivity index (χ2n) is 11.2. The van der Waals surface area contributed by atoms with Crippen molar-refractivity contribution in [2.45, 2.75) is 26.2 Å². The van der Waals surface area contributed by atoms with E-state index in [1.807, 2.05) is 55.6 Å². The Balaban J connectivity index is 1.36. The van der Waals surface area contributed by atoms with Crippen LogP contribution in [0, 0.1) is 0 Å². The van der Waals surface area contributed by atoms with Crippen molar-refractivity contribution in [3.8, 4) is 17.3 Å². The number of allylic oxidation sites excluding steroid dienone is 3. The molecule has 6 aromatic rings. The summed E-state index contributed by atoms with van der Waals surface area (Å²) in [5.74, 6) is 3.11. The normalized spacial score (nSPS) is 14.2. The summed E-state index contributed by atoms with van der Waals surface area (Å²) in [6.07, 6.45) is 7.80. The van der Waals surface area contributed by atoms with E-state index < -0.39 is 0 Å². The third kappa shape index (κ3) is 4.32. The number of ether oxygens (including phenoxy) is 1. The van der Waals surface area contributed by atoms with E-state index in [2.05, 4.69) is 119 Å². The number of aromatic nitrogens is 2. The van der Waals surface area contributed by atoms with Crippen LogP contribution in [-0.4, -0.2) is 16.3 Å². The first-order chi connectivity index (χ1) is 21.0. The van der Waals surface area contributed by atoms with Gasteiger partial charge in [-0.1, -0.05) is 74.5 Å². The molecule has 0 aliphatic carbocycles. The zero-order chi connectivity index (χ0) is 29.6. The molecule has 0 spiro atoms. The summed E-state index contributed by atoms with van der Waals surface area (Å²) in [7, 11) is 0. The van der Waals surface area contributed by atoms with Gasteiger partial charge in [0.1, 0.15) is 23.1 Å². The van der Waals surface area contributed by atoms with Gasteiger partial charge in [0.2, 0.25) is 0 Å². The SMILES string of the molecule is C=N/C(=C\C=C/C)N1c2ccccc2C(C)(C)c2ccc(Oc3ccc4c5ccccc5n(-c5ccccn5)c4c3)cc21. The molecule has 5 nitrogen and oxygen atoms in total. The van der Waals surface area contributed by atoms with Gasteiger partial charge in [0, 0.05) is 34.5 Å². The first-order valence-corrected chi connectivity index (χ1v) is 14.5. The van der Waals surface area contributed by atoms with E-state index in [0.29, 0.717) is 0 Å². The zero-order valence-electron chi connectivity index (χ0n) is 24.5. The van der Waals surface area contributed by atoms with Gasteiger partial charge in [-0.15, -0.1) is 0 Å². The summed E-state index contributed by atoms with van der Waals surface area (Å²) in [6, 6.07) is 35.5. The van der Waals surface area contributed by atoms with Crippen LogP contribution in [0.15, 0.2) is 138 Å². The number of para-hydroxylation sites is 2. The quantitative estimate of drug-likeness (QED) is 0.150. The van der Waals surface area contributed by atoms with Crippen LogP contribution in [0.25, 0.3) is 27.6 Å². The Kier molecular flexibility index (Phi) is 6.43. The lowest BCUT2D eigenvalue weighted by Gasteiger charge is -2.41. The number of pyridine rings is 1. The highest BCUT2D eigenvalue weighted by Crippen LogP contribution is 2.51. The number of aliphatic imine (C=N–C) groups is 1. The summed E-state index contributed by atoms with van der Waals surface area (Å²) in [5, 5.41) is 2.33. The Morgan fingerprint density at radius 1 is 0.791 bits per heavy atom. The second-order valence-corrected chi connectivity index (χ2v) is 11.2. The Morgan fingerprint density at radius 3 is 2.33 bits per heavy atom. The minimum atomic E-state index is -0.212. The van der Waals surface area contributed by atoms with Crippen molar-refractivity contribution in [2.75, 3.05) is 4.90 Å². The fraction of sp³-hybridized carbons (Fsp3) is 0.105. The topological polar surface area (TPSA) is 42.6 Å². The second kappa shape index (κ2) is 10.4. The minimum absolute atomic E-state index is 0.212. The Bertz CT molecular complexity index is 2070. The van der Waals surface area contributed by atoms with E-state index in [-0.39, 0.29) is 5.41 Å². The number of anilines is 2. The largest absolute Gasteiger partial charge is 0.457 e. The molecule has 0 fully saturated rings. The molecule has 0 radical (unpaired) electrons. The molecular weight excluding hydrogens is 528 g/mol. The molecule has 43 heavy (non-hydrogen) atoms. The molecule has 2 aromatic heterocycles. The van der Waals surface area contributed by atoms with Crippen LogP contribution in [-0.2, 0) is 5.41 Å². The first-order valence-electron chi connectivity index (χ1n) is 14.5. The maximum atomic E-state index is 6.60. The van der Waals surface area contributed by atoms with E-state index in [1.165, 1.54) is 16.5 Å². The lowest BCUT2D eigenvalue weighted by molar-refractivity contribution is 0.482. The average molecular weight is 561 g/mol. The molecule has 0 amide bonds. The van der Waals surface area contributed by atoms with E-state index in [4.69, 9.17) is 4.74 Å². The molecule has 0 unspecified atom stereocenters. The van der Waals surface area contributed by atoms with Gasteiger partial charge >= 0.3 is 0 Å². The summed E-state index contributed by atoms with van der Waals surface area (Å²) in [5.41, 5.74) is 6.47. The lowest BCUT2D eigenvalue weighted by atomic mass is 9.73. The van der Waals surface area contributed by atoms with E-state index in [1.54, 1.807) is 0 Å². The van der Waals surface area contributed by atoms with Crippen LogP contribution in [0.1, 0.15) is 31.9 Å². The smallest absolute Gasteiger partial charge is 0.137 e. The number of hydrogen-bond donors (Lipinski definition) is 0. The first kappa shape index (κ1) is 26.5. The van der Waals surface area contributed by atoms with Crippen molar-refractivity contribution < 1.29 is 4.74 Å². The maximum Gasteiger partial charge on any atom is 0.137 e. The van der Waals surface area contributed by atoms with Gasteiger partial charge in [-0.25, -0.2) is 9.98 Å². The molecule has 0 saturated heterocycles. The van der Waals surface area contributed by atoms with Crippen molar-refractivity contribution >= 4 is 39.9 Å². The van der Waals surface area contributed by atoms with Crippen molar-refractivity contribution in [2.24, 2.45) is 4.99 Å². The molecule has 0 saturated carbocycles. The van der Waals surface area contributed by atoms with Gasteiger partial charge in [0.15, 0.2) is 0 Å². The Labute approximate surface area is 251 Å².